The van der Waals surface area contributed by atoms with E-state index in [0.29, 0.717) is 17.9 Å². The van der Waals surface area contributed by atoms with Crippen molar-refractivity contribution < 1.29 is 19.4 Å². The first-order chi connectivity index (χ1) is 7.59. The van der Waals surface area contributed by atoms with E-state index in [9.17, 15) is 9.59 Å². The Labute approximate surface area is 106 Å². The number of carboxylic acids is 1. The Morgan fingerprint density at radius 3 is 2.75 bits per heavy atom. The number of carboxylic acid groups (broad SMARTS) is 1. The maximum absolute atomic E-state index is 11.4. The van der Waals surface area contributed by atoms with E-state index in [0.717, 1.165) is 18.4 Å². The molecule has 0 fully saturated rings. The lowest BCUT2D eigenvalue weighted by Gasteiger charge is -2.19. The molecule has 1 aromatic carbocycles. The van der Waals surface area contributed by atoms with Gasteiger partial charge < -0.3 is 9.84 Å². The Morgan fingerprint density at radius 1 is 1.38 bits per heavy atom. The van der Waals surface area contributed by atoms with Crippen LogP contribution < -0.4 is 4.74 Å². The summed E-state index contributed by atoms with van der Waals surface area (Å²) in [4.78, 5) is 22.3. The van der Waals surface area contributed by atoms with Gasteiger partial charge in [-0.1, -0.05) is 0 Å². The van der Waals surface area contributed by atoms with Gasteiger partial charge in [0.1, 0.15) is 5.75 Å². The normalized spacial score (nSPS) is 13.8. The van der Waals surface area contributed by atoms with E-state index < -0.39 is 5.97 Å². The van der Waals surface area contributed by atoms with Crippen LogP contribution in [0, 0.1) is 0 Å². The molecule has 0 unspecified atom stereocenters. The molecule has 0 radical (unpaired) electrons. The number of halogens is 1. The summed E-state index contributed by atoms with van der Waals surface area (Å²) in [5.74, 6) is -0.512. The first-order valence-corrected chi connectivity index (χ1v) is 5.90. The molecule has 0 bridgehead atoms. The monoisotopic (exact) mass is 332 g/mol. The molecule has 16 heavy (non-hydrogen) atoms. The largest absolute Gasteiger partial charge is 0.493 e. The quantitative estimate of drug-likeness (QED) is 0.667. The van der Waals surface area contributed by atoms with Gasteiger partial charge >= 0.3 is 5.97 Å². The molecule has 1 aliphatic heterocycles. The number of ether oxygens (including phenoxy) is 1. The summed E-state index contributed by atoms with van der Waals surface area (Å²) < 4.78 is 5.24. The van der Waals surface area contributed by atoms with E-state index in [1.165, 1.54) is 12.1 Å². The van der Waals surface area contributed by atoms with Crippen molar-refractivity contribution in [2.45, 2.75) is 12.8 Å². The Kier molecular flexibility index (Phi) is 3.13. The van der Waals surface area contributed by atoms with Gasteiger partial charge in [-0.05, 0) is 25.0 Å². The van der Waals surface area contributed by atoms with Crippen molar-refractivity contribution in [2.24, 2.45) is 0 Å². The fraction of sp³-hybridized carbons (Fsp3) is 0.273. The van der Waals surface area contributed by atoms with Gasteiger partial charge in [0, 0.05) is 33.7 Å². The van der Waals surface area contributed by atoms with Crippen molar-refractivity contribution in [3.05, 3.63) is 28.8 Å². The molecule has 2 rings (SSSR count). The van der Waals surface area contributed by atoms with Crippen molar-refractivity contribution >= 4 is 32.4 Å². The molecule has 0 aromatic heterocycles. The number of fused-ring (bicyclic) bond motifs is 1. The lowest BCUT2D eigenvalue weighted by atomic mass is 9.98. The Bertz CT molecular complexity index is 467. The van der Waals surface area contributed by atoms with E-state index >= 15 is 0 Å². The molecule has 1 heterocycles. The van der Waals surface area contributed by atoms with Crippen LogP contribution in [0.1, 0.15) is 32.7 Å². The minimum Gasteiger partial charge on any atom is -0.493 e. The molecule has 0 atom stereocenters. The smallest absolute Gasteiger partial charge is 0.335 e. The lowest BCUT2D eigenvalue weighted by Crippen LogP contribution is -2.13. The summed E-state index contributed by atoms with van der Waals surface area (Å²) in [6.07, 6.45) is 1.62. The molecule has 0 saturated carbocycles. The number of benzene rings is 1. The van der Waals surface area contributed by atoms with Gasteiger partial charge in [-0.15, -0.1) is 0 Å². The van der Waals surface area contributed by atoms with Gasteiger partial charge in [0.2, 0.25) is 3.79 Å². The van der Waals surface area contributed by atoms with Crippen LogP contribution in [0.15, 0.2) is 12.1 Å². The second-order valence-corrected chi connectivity index (χ2v) is 4.51. The van der Waals surface area contributed by atoms with Crippen molar-refractivity contribution in [3.8, 4) is 5.75 Å². The second kappa shape index (κ2) is 4.40. The maximum atomic E-state index is 11.4. The second-order valence-electron chi connectivity index (χ2n) is 3.53. The highest BCUT2D eigenvalue weighted by molar-refractivity contribution is 14.1. The molecule has 1 N–H and O–H groups in total. The van der Waals surface area contributed by atoms with Crippen LogP contribution in [0.5, 0.6) is 5.75 Å². The topological polar surface area (TPSA) is 63.6 Å². The zero-order valence-electron chi connectivity index (χ0n) is 8.33. The van der Waals surface area contributed by atoms with Gasteiger partial charge in [-0.2, -0.15) is 0 Å². The number of carbonyl (C=O) groups excluding carboxylic acids is 1. The Morgan fingerprint density at radius 2 is 2.12 bits per heavy atom. The molecule has 84 valence electrons. The summed E-state index contributed by atoms with van der Waals surface area (Å²) in [5, 5.41) is 8.92. The fourth-order valence-electron chi connectivity index (χ4n) is 1.76. The summed E-state index contributed by atoms with van der Waals surface area (Å²) in [5.41, 5.74) is 1.38. The number of rotatable bonds is 2. The molecule has 0 amide bonds. The molecule has 0 aliphatic carbocycles. The van der Waals surface area contributed by atoms with Crippen LogP contribution in [-0.4, -0.2) is 21.5 Å². The van der Waals surface area contributed by atoms with Crippen molar-refractivity contribution in [1.29, 1.82) is 0 Å². The number of hydrogen-bond acceptors (Lipinski definition) is 3. The van der Waals surface area contributed by atoms with Crippen molar-refractivity contribution in [3.63, 3.8) is 0 Å². The predicted octanol–water partition coefficient (Wildman–Crippen LogP) is 2.29. The third kappa shape index (κ3) is 2.04. The minimum absolute atomic E-state index is 0.0978. The van der Waals surface area contributed by atoms with Crippen molar-refractivity contribution in [2.75, 3.05) is 6.61 Å². The average molecular weight is 332 g/mol. The highest BCUT2D eigenvalue weighted by Crippen LogP contribution is 2.31. The molecule has 5 heteroatoms. The minimum atomic E-state index is -1.05. The zero-order valence-corrected chi connectivity index (χ0v) is 10.5. The highest BCUT2D eigenvalue weighted by atomic mass is 127. The van der Waals surface area contributed by atoms with Gasteiger partial charge in [0.05, 0.1) is 12.2 Å². The van der Waals surface area contributed by atoms with Gasteiger partial charge in [0.25, 0.3) is 0 Å². The maximum Gasteiger partial charge on any atom is 0.335 e. The third-order valence-electron chi connectivity index (χ3n) is 2.50. The van der Waals surface area contributed by atoms with Crippen LogP contribution in [-0.2, 0) is 6.42 Å². The van der Waals surface area contributed by atoms with Gasteiger partial charge in [-0.25, -0.2) is 4.79 Å². The Balaban J connectivity index is 2.61. The molecular weight excluding hydrogens is 323 g/mol. The number of carbonyl (C=O) groups is 2. The van der Waals surface area contributed by atoms with Crippen LogP contribution in [0.2, 0.25) is 0 Å². The third-order valence-corrected chi connectivity index (χ3v) is 3.08. The SMILES string of the molecule is O=C(O)c1cc2c(c(C(=O)I)c1)CCCO2. The number of hydrogen-bond donors (Lipinski definition) is 1. The van der Waals surface area contributed by atoms with E-state index in [1.807, 2.05) is 0 Å². The van der Waals surface area contributed by atoms with Gasteiger partial charge in [0.15, 0.2) is 0 Å². The number of aromatic carboxylic acids is 1. The van der Waals surface area contributed by atoms with Crippen LogP contribution >= 0.6 is 22.6 Å². The standard InChI is InChI=1S/C11H9IO4/c12-10(13)8-4-6(11(14)15)5-9-7(8)2-1-3-16-9/h4-5H,1-3H2,(H,14,15). The van der Waals surface area contributed by atoms with Crippen molar-refractivity contribution in [1.82, 2.24) is 0 Å². The highest BCUT2D eigenvalue weighted by Gasteiger charge is 2.20. The van der Waals surface area contributed by atoms with E-state index in [1.54, 1.807) is 22.6 Å². The van der Waals surface area contributed by atoms with E-state index in [-0.39, 0.29) is 9.35 Å². The van der Waals surface area contributed by atoms with E-state index in [2.05, 4.69) is 0 Å². The summed E-state index contributed by atoms with van der Waals surface area (Å²) in [6.45, 7) is 0.574. The average Bonchev–Trinajstić information content (AvgIpc) is 2.27. The molecule has 0 saturated heterocycles. The zero-order chi connectivity index (χ0) is 11.7. The molecule has 4 nitrogen and oxygen atoms in total. The predicted molar refractivity (Wildman–Crippen MR) is 65.6 cm³/mol. The summed E-state index contributed by atoms with van der Waals surface area (Å²) >= 11 is 1.67. The van der Waals surface area contributed by atoms with Crippen LogP contribution in [0.3, 0.4) is 0 Å². The summed E-state index contributed by atoms with van der Waals surface area (Å²) in [7, 11) is 0. The summed E-state index contributed by atoms with van der Waals surface area (Å²) in [6, 6.07) is 2.91. The van der Waals surface area contributed by atoms with E-state index in [4.69, 9.17) is 9.84 Å². The van der Waals surface area contributed by atoms with Gasteiger partial charge in [-0.3, -0.25) is 4.79 Å². The molecular formula is C11H9IO4. The van der Waals surface area contributed by atoms with Crippen LogP contribution in [0.4, 0.5) is 0 Å². The molecule has 1 aliphatic rings. The fourth-order valence-corrected chi connectivity index (χ4v) is 2.24. The first kappa shape index (κ1) is 11.4. The molecule has 0 spiro atoms. The lowest BCUT2D eigenvalue weighted by molar-refractivity contribution is 0.0696. The Hall–Kier alpha value is -1.11. The molecule has 1 aromatic rings. The first-order valence-electron chi connectivity index (χ1n) is 4.82. The van der Waals surface area contributed by atoms with Crippen LogP contribution in [0.25, 0.3) is 0 Å².